The number of hydrogen-bond donors (Lipinski definition) is 2. The molecule has 0 radical (unpaired) electrons. The molecular formula is C21H28IN3O2. The quantitative estimate of drug-likeness (QED) is 0.275. The van der Waals surface area contributed by atoms with Crippen molar-refractivity contribution in [1.82, 2.24) is 10.6 Å². The van der Waals surface area contributed by atoms with Crippen LogP contribution >= 0.6 is 24.0 Å². The molecule has 1 unspecified atom stereocenters. The highest BCUT2D eigenvalue weighted by Crippen LogP contribution is 2.12. The number of hydrogen-bond acceptors (Lipinski definition) is 3. The van der Waals surface area contributed by atoms with Crippen LogP contribution in [0.15, 0.2) is 59.6 Å². The lowest BCUT2D eigenvalue weighted by Gasteiger charge is -2.16. The predicted molar refractivity (Wildman–Crippen MR) is 121 cm³/mol. The highest BCUT2D eigenvalue weighted by molar-refractivity contribution is 14.0. The maximum atomic E-state index is 11.4. The molecule has 0 amide bonds. The molecule has 1 atom stereocenters. The molecule has 146 valence electrons. The fourth-order valence-corrected chi connectivity index (χ4v) is 2.62. The van der Waals surface area contributed by atoms with E-state index in [1.807, 2.05) is 18.2 Å². The minimum absolute atomic E-state index is 0. The van der Waals surface area contributed by atoms with Gasteiger partial charge in [-0.25, -0.2) is 4.79 Å². The molecule has 2 aromatic rings. The van der Waals surface area contributed by atoms with Gasteiger partial charge in [-0.3, -0.25) is 4.99 Å². The van der Waals surface area contributed by atoms with E-state index < -0.39 is 0 Å². The van der Waals surface area contributed by atoms with Crippen molar-refractivity contribution >= 4 is 35.9 Å². The van der Waals surface area contributed by atoms with E-state index in [2.05, 4.69) is 46.8 Å². The number of carbonyl (C=O) groups excluding carboxylic acids is 1. The Morgan fingerprint density at radius 3 is 2.33 bits per heavy atom. The number of nitrogens with one attached hydrogen (secondary N) is 2. The van der Waals surface area contributed by atoms with Crippen LogP contribution in [0.2, 0.25) is 0 Å². The third kappa shape index (κ3) is 7.58. The van der Waals surface area contributed by atoms with Gasteiger partial charge in [0.2, 0.25) is 0 Å². The SMILES string of the molecule is CN=C(NCCc1ccc(C(=O)OC)cc1)NCC(C)c1ccccc1.I. The largest absolute Gasteiger partial charge is 0.465 e. The Morgan fingerprint density at radius 1 is 1.07 bits per heavy atom. The van der Waals surface area contributed by atoms with E-state index >= 15 is 0 Å². The molecule has 0 saturated carbocycles. The lowest BCUT2D eigenvalue weighted by Crippen LogP contribution is -2.39. The molecule has 0 heterocycles. The molecule has 0 aromatic heterocycles. The number of benzene rings is 2. The van der Waals surface area contributed by atoms with E-state index in [4.69, 9.17) is 4.74 Å². The van der Waals surface area contributed by atoms with Crippen LogP contribution in [0.3, 0.4) is 0 Å². The Kier molecular flexibility index (Phi) is 10.5. The Balaban J connectivity index is 0.00000364. The van der Waals surface area contributed by atoms with Gasteiger partial charge in [-0.1, -0.05) is 49.4 Å². The molecule has 0 bridgehead atoms. The zero-order chi connectivity index (χ0) is 18.8. The van der Waals surface area contributed by atoms with Crippen LogP contribution in [0.5, 0.6) is 0 Å². The van der Waals surface area contributed by atoms with Crippen molar-refractivity contribution in [2.24, 2.45) is 4.99 Å². The van der Waals surface area contributed by atoms with Crippen molar-refractivity contribution in [3.05, 3.63) is 71.3 Å². The molecular weight excluding hydrogens is 453 g/mol. The number of carbonyl (C=O) groups is 1. The molecule has 5 nitrogen and oxygen atoms in total. The first-order chi connectivity index (χ1) is 12.6. The standard InChI is InChI=1S/C21H27N3O2.HI/c1-16(18-7-5-4-6-8-18)15-24-21(22-2)23-14-13-17-9-11-19(12-10-17)20(25)26-3;/h4-12,16H,13-15H2,1-3H3,(H2,22,23,24);1H. The summed E-state index contributed by atoms with van der Waals surface area (Å²) in [7, 11) is 3.16. The molecule has 0 saturated heterocycles. The summed E-state index contributed by atoms with van der Waals surface area (Å²) in [4.78, 5) is 15.7. The Labute approximate surface area is 178 Å². The first-order valence-electron chi connectivity index (χ1n) is 8.80. The second-order valence-corrected chi connectivity index (χ2v) is 6.13. The Morgan fingerprint density at radius 2 is 1.74 bits per heavy atom. The topological polar surface area (TPSA) is 62.7 Å². The van der Waals surface area contributed by atoms with Crippen LogP contribution in [0.4, 0.5) is 0 Å². The van der Waals surface area contributed by atoms with Gasteiger partial charge in [-0.15, -0.1) is 24.0 Å². The summed E-state index contributed by atoms with van der Waals surface area (Å²) >= 11 is 0. The first-order valence-corrected chi connectivity index (χ1v) is 8.80. The van der Waals surface area contributed by atoms with E-state index in [1.165, 1.54) is 12.7 Å². The predicted octanol–water partition coefficient (Wildman–Crippen LogP) is 3.60. The molecule has 2 rings (SSSR count). The zero-order valence-electron chi connectivity index (χ0n) is 16.1. The number of methoxy groups -OCH3 is 1. The summed E-state index contributed by atoms with van der Waals surface area (Å²) in [6, 6.07) is 17.9. The van der Waals surface area contributed by atoms with Crippen molar-refractivity contribution in [1.29, 1.82) is 0 Å². The fraction of sp³-hybridized carbons (Fsp3) is 0.333. The normalized spacial score (nSPS) is 11.9. The second kappa shape index (κ2) is 12.3. The van der Waals surface area contributed by atoms with E-state index in [1.54, 1.807) is 19.2 Å². The monoisotopic (exact) mass is 481 g/mol. The summed E-state index contributed by atoms with van der Waals surface area (Å²) < 4.78 is 4.71. The van der Waals surface area contributed by atoms with Gasteiger partial charge in [0, 0.05) is 20.1 Å². The van der Waals surface area contributed by atoms with Crippen LogP contribution < -0.4 is 10.6 Å². The average Bonchev–Trinajstić information content (AvgIpc) is 2.70. The van der Waals surface area contributed by atoms with Crippen molar-refractivity contribution in [2.75, 3.05) is 27.2 Å². The van der Waals surface area contributed by atoms with Gasteiger partial charge in [0.15, 0.2) is 5.96 Å². The van der Waals surface area contributed by atoms with Crippen LogP contribution in [-0.4, -0.2) is 39.2 Å². The summed E-state index contributed by atoms with van der Waals surface area (Å²) in [5.74, 6) is 0.881. The number of ether oxygens (including phenoxy) is 1. The van der Waals surface area contributed by atoms with Gasteiger partial charge in [-0.05, 0) is 35.6 Å². The van der Waals surface area contributed by atoms with E-state index in [0.29, 0.717) is 11.5 Å². The third-order valence-corrected chi connectivity index (χ3v) is 4.25. The smallest absolute Gasteiger partial charge is 0.337 e. The Hall–Kier alpha value is -2.09. The Bertz CT molecular complexity index is 718. The third-order valence-electron chi connectivity index (χ3n) is 4.25. The van der Waals surface area contributed by atoms with Gasteiger partial charge in [0.05, 0.1) is 12.7 Å². The summed E-state index contributed by atoms with van der Waals surface area (Å²) in [5, 5.41) is 6.68. The summed E-state index contributed by atoms with van der Waals surface area (Å²) in [5.41, 5.74) is 3.02. The summed E-state index contributed by atoms with van der Waals surface area (Å²) in [6.45, 7) is 3.77. The molecule has 2 N–H and O–H groups in total. The second-order valence-electron chi connectivity index (χ2n) is 6.13. The summed E-state index contributed by atoms with van der Waals surface area (Å²) in [6.07, 6.45) is 0.844. The molecule has 0 aliphatic heterocycles. The van der Waals surface area contributed by atoms with Gasteiger partial charge in [0.25, 0.3) is 0 Å². The van der Waals surface area contributed by atoms with Gasteiger partial charge >= 0.3 is 5.97 Å². The minimum Gasteiger partial charge on any atom is -0.465 e. The zero-order valence-corrected chi connectivity index (χ0v) is 18.4. The molecule has 0 fully saturated rings. The fourth-order valence-electron chi connectivity index (χ4n) is 2.62. The van der Waals surface area contributed by atoms with Gasteiger partial charge < -0.3 is 15.4 Å². The van der Waals surface area contributed by atoms with Crippen LogP contribution in [0, 0.1) is 0 Å². The molecule has 27 heavy (non-hydrogen) atoms. The van der Waals surface area contributed by atoms with Crippen molar-refractivity contribution in [3.63, 3.8) is 0 Å². The molecule has 2 aromatic carbocycles. The van der Waals surface area contributed by atoms with Crippen molar-refractivity contribution < 1.29 is 9.53 Å². The maximum absolute atomic E-state index is 11.4. The van der Waals surface area contributed by atoms with Crippen molar-refractivity contribution in [3.8, 4) is 0 Å². The minimum atomic E-state index is -0.313. The number of halogens is 1. The number of rotatable bonds is 7. The van der Waals surface area contributed by atoms with Crippen LogP contribution in [0.1, 0.15) is 34.3 Å². The van der Waals surface area contributed by atoms with Crippen molar-refractivity contribution in [2.45, 2.75) is 19.3 Å². The molecule has 0 spiro atoms. The van der Waals surface area contributed by atoms with Gasteiger partial charge in [-0.2, -0.15) is 0 Å². The maximum Gasteiger partial charge on any atom is 0.337 e. The molecule has 0 aliphatic carbocycles. The number of guanidine groups is 1. The highest BCUT2D eigenvalue weighted by atomic mass is 127. The van der Waals surface area contributed by atoms with E-state index in [9.17, 15) is 4.79 Å². The lowest BCUT2D eigenvalue weighted by molar-refractivity contribution is 0.0600. The molecule has 6 heteroatoms. The number of aliphatic imine (C=N–C) groups is 1. The first kappa shape index (κ1) is 23.0. The van der Waals surface area contributed by atoms with E-state index in [0.717, 1.165) is 31.0 Å². The van der Waals surface area contributed by atoms with Gasteiger partial charge in [0.1, 0.15) is 0 Å². The highest BCUT2D eigenvalue weighted by Gasteiger charge is 2.07. The average molecular weight is 481 g/mol. The number of esters is 1. The van der Waals surface area contributed by atoms with E-state index in [-0.39, 0.29) is 29.9 Å². The molecule has 0 aliphatic rings. The van der Waals surface area contributed by atoms with Crippen LogP contribution in [0.25, 0.3) is 0 Å². The van der Waals surface area contributed by atoms with Crippen LogP contribution in [-0.2, 0) is 11.2 Å². The number of nitrogens with zero attached hydrogens (tertiary/aromatic N) is 1. The lowest BCUT2D eigenvalue weighted by atomic mass is 10.0.